The van der Waals surface area contributed by atoms with Gasteiger partial charge in [0.1, 0.15) is 5.82 Å². The average Bonchev–Trinajstić information content (AvgIpc) is 2.70. The van der Waals surface area contributed by atoms with Crippen LogP contribution in [-0.2, 0) is 0 Å². The molecule has 0 saturated heterocycles. The van der Waals surface area contributed by atoms with Crippen molar-refractivity contribution in [3.8, 4) is 11.3 Å². The lowest BCUT2D eigenvalue weighted by Gasteiger charge is -1.98. The van der Waals surface area contributed by atoms with E-state index in [9.17, 15) is 4.39 Å². The Hall–Kier alpha value is -2.16. The quantitative estimate of drug-likeness (QED) is 0.673. The second-order valence-electron chi connectivity index (χ2n) is 4.03. The van der Waals surface area contributed by atoms with Crippen LogP contribution in [0.4, 0.5) is 4.39 Å². The number of hydrogen-bond acceptors (Lipinski definition) is 1. The minimum atomic E-state index is -0.222. The van der Waals surface area contributed by atoms with Crippen molar-refractivity contribution < 1.29 is 4.39 Å². The zero-order chi connectivity index (χ0) is 11.8. The van der Waals surface area contributed by atoms with E-state index in [2.05, 4.69) is 9.97 Å². The maximum Gasteiger partial charge on any atom is 0.147 e. The fourth-order valence-electron chi connectivity index (χ4n) is 2.12. The molecule has 0 atom stereocenters. The van der Waals surface area contributed by atoms with Gasteiger partial charge >= 0.3 is 0 Å². The van der Waals surface area contributed by atoms with Crippen LogP contribution in [0.25, 0.3) is 22.2 Å². The lowest BCUT2D eigenvalue weighted by Crippen LogP contribution is -1.81. The normalized spacial score (nSPS) is 10.9. The summed E-state index contributed by atoms with van der Waals surface area (Å²) < 4.78 is 13.6. The van der Waals surface area contributed by atoms with E-state index in [1.807, 2.05) is 25.1 Å². The molecule has 2 aromatic heterocycles. The largest absolute Gasteiger partial charge is 0.352 e. The molecule has 0 fully saturated rings. The van der Waals surface area contributed by atoms with Crippen LogP contribution in [0, 0.1) is 12.7 Å². The van der Waals surface area contributed by atoms with E-state index in [0.29, 0.717) is 5.52 Å². The molecule has 0 spiro atoms. The van der Waals surface area contributed by atoms with Crippen molar-refractivity contribution in [2.45, 2.75) is 6.92 Å². The van der Waals surface area contributed by atoms with Crippen molar-refractivity contribution in [1.29, 1.82) is 0 Å². The predicted molar refractivity (Wildman–Crippen MR) is 66.2 cm³/mol. The minimum absolute atomic E-state index is 0.222. The number of pyridine rings is 1. The first-order chi connectivity index (χ1) is 8.27. The van der Waals surface area contributed by atoms with Gasteiger partial charge in [-0.1, -0.05) is 12.1 Å². The minimum Gasteiger partial charge on any atom is -0.352 e. The summed E-state index contributed by atoms with van der Waals surface area (Å²) in [5.41, 5.74) is 3.51. The van der Waals surface area contributed by atoms with Gasteiger partial charge in [0.05, 0.1) is 11.2 Å². The van der Waals surface area contributed by atoms with Crippen LogP contribution in [0.15, 0.2) is 42.7 Å². The number of nitrogens with one attached hydrogen (secondary N) is 1. The Balaban J connectivity index is 2.32. The van der Waals surface area contributed by atoms with Crippen LogP contribution < -0.4 is 0 Å². The van der Waals surface area contributed by atoms with Crippen LogP contribution in [0.1, 0.15) is 5.56 Å². The molecule has 0 unspecified atom stereocenters. The number of rotatable bonds is 1. The third kappa shape index (κ3) is 1.51. The fourth-order valence-corrected chi connectivity index (χ4v) is 2.12. The SMILES string of the molecule is Cc1c(-c2cccnc2)[nH]c2c(F)cccc12. The topological polar surface area (TPSA) is 28.7 Å². The van der Waals surface area contributed by atoms with Crippen LogP contribution in [0.2, 0.25) is 0 Å². The van der Waals surface area contributed by atoms with Gasteiger partial charge in [-0.25, -0.2) is 4.39 Å². The summed E-state index contributed by atoms with van der Waals surface area (Å²) in [5.74, 6) is -0.222. The summed E-state index contributed by atoms with van der Waals surface area (Å²) in [6.07, 6.45) is 3.50. The number of benzene rings is 1. The number of nitrogens with zero attached hydrogens (tertiary/aromatic N) is 1. The summed E-state index contributed by atoms with van der Waals surface area (Å²) in [7, 11) is 0. The number of H-pyrrole nitrogens is 1. The Morgan fingerprint density at radius 1 is 1.18 bits per heavy atom. The van der Waals surface area contributed by atoms with E-state index in [1.54, 1.807) is 18.5 Å². The van der Waals surface area contributed by atoms with Gasteiger partial charge in [0.2, 0.25) is 0 Å². The Morgan fingerprint density at radius 2 is 2.06 bits per heavy atom. The second-order valence-corrected chi connectivity index (χ2v) is 4.03. The molecule has 0 aliphatic carbocycles. The van der Waals surface area contributed by atoms with Crippen LogP contribution in [0.3, 0.4) is 0 Å². The van der Waals surface area contributed by atoms with Gasteiger partial charge < -0.3 is 4.98 Å². The zero-order valence-corrected chi connectivity index (χ0v) is 9.37. The van der Waals surface area contributed by atoms with Crippen molar-refractivity contribution >= 4 is 10.9 Å². The van der Waals surface area contributed by atoms with Crippen LogP contribution in [-0.4, -0.2) is 9.97 Å². The Labute approximate surface area is 98.1 Å². The molecule has 1 N–H and O–H groups in total. The van der Waals surface area contributed by atoms with Gasteiger partial charge in [0.15, 0.2) is 0 Å². The molecular formula is C14H11FN2. The van der Waals surface area contributed by atoms with E-state index in [4.69, 9.17) is 0 Å². The molecule has 0 radical (unpaired) electrons. The second kappa shape index (κ2) is 3.70. The molecule has 17 heavy (non-hydrogen) atoms. The third-order valence-corrected chi connectivity index (χ3v) is 2.99. The van der Waals surface area contributed by atoms with Gasteiger partial charge in [-0.05, 0) is 30.7 Å². The Morgan fingerprint density at radius 3 is 2.76 bits per heavy atom. The number of halogens is 1. The number of hydrogen-bond donors (Lipinski definition) is 1. The van der Waals surface area contributed by atoms with Crippen molar-refractivity contribution in [3.05, 3.63) is 54.1 Å². The van der Waals surface area contributed by atoms with E-state index in [0.717, 1.165) is 22.2 Å². The molecule has 2 heterocycles. The molecule has 1 aromatic carbocycles. The molecule has 84 valence electrons. The maximum atomic E-state index is 13.6. The summed E-state index contributed by atoms with van der Waals surface area (Å²) in [5, 5.41) is 0.920. The molecule has 0 saturated carbocycles. The lowest BCUT2D eigenvalue weighted by molar-refractivity contribution is 0.637. The molecule has 0 aliphatic heterocycles. The summed E-state index contributed by atoms with van der Waals surface area (Å²) in [4.78, 5) is 7.21. The molecule has 0 bridgehead atoms. The summed E-state index contributed by atoms with van der Waals surface area (Å²) in [6, 6.07) is 8.94. The zero-order valence-electron chi connectivity index (χ0n) is 9.37. The fraction of sp³-hybridized carbons (Fsp3) is 0.0714. The number of fused-ring (bicyclic) bond motifs is 1. The predicted octanol–water partition coefficient (Wildman–Crippen LogP) is 3.68. The monoisotopic (exact) mass is 226 g/mol. The first-order valence-corrected chi connectivity index (χ1v) is 5.44. The van der Waals surface area contributed by atoms with Gasteiger partial charge in [0.25, 0.3) is 0 Å². The van der Waals surface area contributed by atoms with Crippen LogP contribution >= 0.6 is 0 Å². The van der Waals surface area contributed by atoms with Gasteiger partial charge in [-0.15, -0.1) is 0 Å². The molecule has 0 aliphatic rings. The number of aromatic nitrogens is 2. The highest BCUT2D eigenvalue weighted by molar-refractivity contribution is 5.90. The highest BCUT2D eigenvalue weighted by Gasteiger charge is 2.11. The highest BCUT2D eigenvalue weighted by atomic mass is 19.1. The Bertz CT molecular complexity index is 671. The van der Waals surface area contributed by atoms with Gasteiger partial charge in [0, 0.05) is 23.3 Å². The Kier molecular flexibility index (Phi) is 2.18. The van der Waals surface area contributed by atoms with Gasteiger partial charge in [-0.3, -0.25) is 4.98 Å². The molecule has 3 rings (SSSR count). The highest BCUT2D eigenvalue weighted by Crippen LogP contribution is 2.30. The van der Waals surface area contributed by atoms with Crippen molar-refractivity contribution in [2.24, 2.45) is 0 Å². The summed E-state index contributed by atoms with van der Waals surface area (Å²) >= 11 is 0. The molecule has 3 heteroatoms. The third-order valence-electron chi connectivity index (χ3n) is 2.99. The first kappa shape index (κ1) is 10.0. The smallest absolute Gasteiger partial charge is 0.147 e. The first-order valence-electron chi connectivity index (χ1n) is 5.44. The molecule has 0 amide bonds. The maximum absolute atomic E-state index is 13.6. The molecule has 2 nitrogen and oxygen atoms in total. The number of para-hydroxylation sites is 1. The average molecular weight is 226 g/mol. The van der Waals surface area contributed by atoms with E-state index >= 15 is 0 Å². The number of aromatic amines is 1. The molecule has 3 aromatic rings. The van der Waals surface area contributed by atoms with Crippen molar-refractivity contribution in [2.75, 3.05) is 0 Å². The number of aryl methyl sites for hydroxylation is 1. The van der Waals surface area contributed by atoms with Gasteiger partial charge in [-0.2, -0.15) is 0 Å². The van der Waals surface area contributed by atoms with Crippen LogP contribution in [0.5, 0.6) is 0 Å². The van der Waals surface area contributed by atoms with E-state index in [1.165, 1.54) is 6.07 Å². The summed E-state index contributed by atoms with van der Waals surface area (Å²) in [6.45, 7) is 1.99. The van der Waals surface area contributed by atoms with E-state index < -0.39 is 0 Å². The van der Waals surface area contributed by atoms with Crippen molar-refractivity contribution in [1.82, 2.24) is 9.97 Å². The van der Waals surface area contributed by atoms with E-state index in [-0.39, 0.29) is 5.82 Å². The standard InChI is InChI=1S/C14H11FN2/c1-9-11-5-2-6-12(15)14(11)17-13(9)10-4-3-7-16-8-10/h2-8,17H,1H3. The molecular weight excluding hydrogens is 215 g/mol. The lowest BCUT2D eigenvalue weighted by atomic mass is 10.1. The van der Waals surface area contributed by atoms with Crippen molar-refractivity contribution in [3.63, 3.8) is 0 Å².